The molecule has 3 rings (SSSR count). The third-order valence-corrected chi connectivity index (χ3v) is 4.71. The number of nitriles is 1. The van der Waals surface area contributed by atoms with E-state index in [0.29, 0.717) is 11.1 Å². The van der Waals surface area contributed by atoms with Crippen molar-refractivity contribution < 1.29 is 23.8 Å². The summed E-state index contributed by atoms with van der Waals surface area (Å²) in [6.45, 7) is 3.22. The fourth-order valence-electron chi connectivity index (χ4n) is 3.29. The van der Waals surface area contributed by atoms with Gasteiger partial charge in [-0.25, -0.2) is 9.59 Å². The Hall–Kier alpha value is -4.05. The highest BCUT2D eigenvalue weighted by Crippen LogP contribution is 2.42. The lowest BCUT2D eigenvalue weighted by Gasteiger charge is -2.28. The van der Waals surface area contributed by atoms with Gasteiger partial charge in [0.05, 0.1) is 24.2 Å². The molecule has 2 aromatic rings. The van der Waals surface area contributed by atoms with Crippen molar-refractivity contribution in [1.29, 1.82) is 5.26 Å². The maximum atomic E-state index is 13.0. The van der Waals surface area contributed by atoms with Crippen molar-refractivity contribution in [3.8, 4) is 6.07 Å². The van der Waals surface area contributed by atoms with Crippen LogP contribution in [0.1, 0.15) is 30.9 Å². The first-order chi connectivity index (χ1) is 15.0. The summed E-state index contributed by atoms with van der Waals surface area (Å²) in [6.07, 6.45) is -1.14. The van der Waals surface area contributed by atoms with E-state index in [9.17, 15) is 14.9 Å². The average molecular weight is 418 g/mol. The fourth-order valence-corrected chi connectivity index (χ4v) is 3.29. The first-order valence-corrected chi connectivity index (χ1v) is 9.77. The number of carbonyl (C=O) groups excluding carboxylic acids is 2. The normalized spacial score (nSPS) is 16.7. The lowest BCUT2D eigenvalue weighted by Crippen LogP contribution is -2.31. The Morgan fingerprint density at radius 1 is 1.13 bits per heavy atom. The van der Waals surface area contributed by atoms with Crippen molar-refractivity contribution in [3.05, 3.63) is 88.8 Å². The van der Waals surface area contributed by atoms with Crippen molar-refractivity contribution in [2.24, 2.45) is 5.73 Å². The minimum absolute atomic E-state index is 0.0430. The maximum Gasteiger partial charge on any atom is 0.347 e. The maximum absolute atomic E-state index is 13.0. The summed E-state index contributed by atoms with van der Waals surface area (Å²) in [6, 6.07) is 20.2. The summed E-state index contributed by atoms with van der Waals surface area (Å²) >= 11 is 0. The van der Waals surface area contributed by atoms with Crippen LogP contribution in [0.15, 0.2) is 77.7 Å². The molecule has 2 N–H and O–H groups in total. The van der Waals surface area contributed by atoms with E-state index in [4.69, 9.17) is 19.9 Å². The molecule has 0 spiro atoms. The highest BCUT2D eigenvalue weighted by Gasteiger charge is 2.39. The number of benzene rings is 2. The largest absolute Gasteiger partial charge is 0.463 e. The Morgan fingerprint density at radius 3 is 2.32 bits per heavy atom. The number of hydrogen-bond acceptors (Lipinski definition) is 7. The molecule has 0 unspecified atom stereocenters. The average Bonchev–Trinajstić information content (AvgIpc) is 2.79. The number of hydrogen-bond donors (Lipinski definition) is 1. The Bertz CT molecular complexity index is 1070. The first-order valence-electron chi connectivity index (χ1n) is 9.77. The van der Waals surface area contributed by atoms with Gasteiger partial charge < -0.3 is 19.9 Å². The van der Waals surface area contributed by atoms with Gasteiger partial charge in [-0.15, -0.1) is 0 Å². The van der Waals surface area contributed by atoms with Gasteiger partial charge in [0, 0.05) is 5.56 Å². The molecule has 2 aromatic carbocycles. The van der Waals surface area contributed by atoms with Crippen LogP contribution in [-0.2, 0) is 23.8 Å². The Kier molecular flexibility index (Phi) is 6.73. The van der Waals surface area contributed by atoms with E-state index in [1.54, 1.807) is 43.3 Å². The molecule has 0 aromatic heterocycles. The number of esters is 2. The smallest absolute Gasteiger partial charge is 0.347 e. The second-order valence-electron chi connectivity index (χ2n) is 6.74. The Labute approximate surface area is 180 Å². The van der Waals surface area contributed by atoms with Gasteiger partial charge in [-0.2, -0.15) is 5.26 Å². The van der Waals surface area contributed by atoms with E-state index >= 15 is 0 Å². The summed E-state index contributed by atoms with van der Waals surface area (Å²) in [7, 11) is 0. The van der Waals surface area contributed by atoms with Crippen LogP contribution in [0.5, 0.6) is 0 Å². The zero-order chi connectivity index (χ0) is 22.4. The van der Waals surface area contributed by atoms with Crippen LogP contribution in [0.2, 0.25) is 0 Å². The topological polar surface area (TPSA) is 112 Å². The van der Waals surface area contributed by atoms with Crippen molar-refractivity contribution in [1.82, 2.24) is 0 Å². The number of rotatable bonds is 6. The molecule has 0 aliphatic carbocycles. The molecular weight excluding hydrogens is 396 g/mol. The summed E-state index contributed by atoms with van der Waals surface area (Å²) < 4.78 is 15.9. The van der Waals surface area contributed by atoms with Gasteiger partial charge in [0.25, 0.3) is 0 Å². The minimum Gasteiger partial charge on any atom is -0.463 e. The van der Waals surface area contributed by atoms with Gasteiger partial charge in [-0.1, -0.05) is 60.7 Å². The van der Waals surface area contributed by atoms with Gasteiger partial charge in [-0.05, 0) is 19.4 Å². The molecule has 158 valence electrons. The third kappa shape index (κ3) is 4.59. The van der Waals surface area contributed by atoms with E-state index in [1.165, 1.54) is 6.92 Å². The lowest BCUT2D eigenvalue weighted by atomic mass is 9.82. The molecule has 0 bridgehead atoms. The van der Waals surface area contributed by atoms with Crippen LogP contribution in [0.4, 0.5) is 0 Å². The van der Waals surface area contributed by atoms with E-state index < -0.39 is 24.0 Å². The van der Waals surface area contributed by atoms with Crippen LogP contribution in [0.3, 0.4) is 0 Å². The zero-order valence-corrected chi connectivity index (χ0v) is 17.2. The number of ether oxygens (including phenoxy) is 3. The van der Waals surface area contributed by atoms with Crippen LogP contribution >= 0.6 is 0 Å². The Balaban J connectivity index is 2.08. The highest BCUT2D eigenvalue weighted by atomic mass is 16.6. The molecular formula is C24H22N2O5. The zero-order valence-electron chi connectivity index (χ0n) is 17.2. The molecule has 0 saturated carbocycles. The SMILES string of the molecule is CCOC(=O)[C@H](C)OC(=O)C1=C(N)OC(c2ccccc2)=C(C#N)[C@@H]1c1ccccc1. The standard InChI is InChI=1S/C24H22N2O5/c1-3-29-23(27)15(2)30-24(28)20-19(16-10-6-4-7-11-16)18(14-25)21(31-22(20)26)17-12-8-5-9-13-17/h4-13,15,19H,3,26H2,1-2H3/t15-,19-/m0/s1. The third-order valence-electron chi connectivity index (χ3n) is 4.71. The monoisotopic (exact) mass is 418 g/mol. The molecule has 0 fully saturated rings. The second kappa shape index (κ2) is 9.63. The summed E-state index contributed by atoms with van der Waals surface area (Å²) in [4.78, 5) is 24.9. The molecule has 0 radical (unpaired) electrons. The van der Waals surface area contributed by atoms with Crippen LogP contribution in [0.25, 0.3) is 5.76 Å². The van der Waals surface area contributed by atoms with Crippen LogP contribution in [0, 0.1) is 11.3 Å². The second-order valence-corrected chi connectivity index (χ2v) is 6.74. The van der Waals surface area contributed by atoms with Gasteiger partial charge in [0.2, 0.25) is 5.88 Å². The minimum atomic E-state index is -1.14. The Morgan fingerprint density at radius 2 is 1.74 bits per heavy atom. The number of nitrogens with two attached hydrogens (primary N) is 1. The first kappa shape index (κ1) is 21.7. The molecule has 2 atom stereocenters. The summed E-state index contributed by atoms with van der Waals surface area (Å²) in [5, 5.41) is 10.0. The van der Waals surface area contributed by atoms with E-state index in [-0.39, 0.29) is 29.4 Å². The predicted molar refractivity (Wildman–Crippen MR) is 113 cm³/mol. The van der Waals surface area contributed by atoms with E-state index in [0.717, 1.165) is 0 Å². The van der Waals surface area contributed by atoms with Crippen molar-refractivity contribution in [3.63, 3.8) is 0 Å². The highest BCUT2D eigenvalue weighted by molar-refractivity contribution is 5.95. The molecule has 0 saturated heterocycles. The molecule has 1 aliphatic heterocycles. The summed E-state index contributed by atoms with van der Waals surface area (Å²) in [5.41, 5.74) is 7.64. The molecule has 1 aliphatic rings. The van der Waals surface area contributed by atoms with E-state index in [1.807, 2.05) is 24.3 Å². The number of nitrogens with zero attached hydrogens (tertiary/aromatic N) is 1. The fraction of sp³-hybridized carbons (Fsp3) is 0.208. The predicted octanol–water partition coefficient (Wildman–Crippen LogP) is 3.40. The number of carbonyl (C=O) groups is 2. The molecule has 0 amide bonds. The van der Waals surface area contributed by atoms with Crippen LogP contribution in [-0.4, -0.2) is 24.6 Å². The quantitative estimate of drug-likeness (QED) is 0.716. The van der Waals surface area contributed by atoms with Crippen molar-refractivity contribution in [2.75, 3.05) is 6.61 Å². The lowest BCUT2D eigenvalue weighted by molar-refractivity contribution is -0.164. The van der Waals surface area contributed by atoms with Gasteiger partial charge >= 0.3 is 11.9 Å². The van der Waals surface area contributed by atoms with Gasteiger partial charge in [0.1, 0.15) is 5.57 Å². The molecule has 31 heavy (non-hydrogen) atoms. The summed E-state index contributed by atoms with van der Waals surface area (Å²) in [5.74, 6) is -2.27. The van der Waals surface area contributed by atoms with Crippen molar-refractivity contribution >= 4 is 17.7 Å². The molecule has 1 heterocycles. The number of allylic oxidation sites excluding steroid dienone is 1. The van der Waals surface area contributed by atoms with Crippen LogP contribution < -0.4 is 5.73 Å². The van der Waals surface area contributed by atoms with Gasteiger partial charge in [-0.3, -0.25) is 0 Å². The van der Waals surface area contributed by atoms with Gasteiger partial charge in [0.15, 0.2) is 11.9 Å². The molecule has 7 heteroatoms. The van der Waals surface area contributed by atoms with Crippen molar-refractivity contribution in [2.45, 2.75) is 25.9 Å². The van der Waals surface area contributed by atoms with E-state index in [2.05, 4.69) is 6.07 Å². The molecule has 7 nitrogen and oxygen atoms in total.